The lowest BCUT2D eigenvalue weighted by Gasteiger charge is -2.21. The molecule has 0 aliphatic carbocycles. The van der Waals surface area contributed by atoms with Crippen LogP contribution in [0.15, 0.2) is 66.9 Å². The smallest absolute Gasteiger partial charge is 0.257 e. The first-order valence-electron chi connectivity index (χ1n) is 9.64. The van der Waals surface area contributed by atoms with Gasteiger partial charge in [0.25, 0.3) is 5.91 Å². The lowest BCUT2D eigenvalue weighted by atomic mass is 10.1. The highest BCUT2D eigenvalue weighted by Gasteiger charge is 2.21. The van der Waals surface area contributed by atoms with E-state index in [1.165, 1.54) is 11.1 Å². The zero-order chi connectivity index (χ0) is 19.1. The molecule has 0 aliphatic heterocycles. The van der Waals surface area contributed by atoms with Crippen LogP contribution < -0.4 is 0 Å². The van der Waals surface area contributed by atoms with E-state index in [1.807, 2.05) is 52.9 Å². The minimum Gasteiger partial charge on any atom is -0.338 e. The van der Waals surface area contributed by atoms with Crippen molar-refractivity contribution in [3.8, 4) is 0 Å². The zero-order valence-corrected chi connectivity index (χ0v) is 16.1. The van der Waals surface area contributed by atoms with Crippen LogP contribution in [0.1, 0.15) is 41.0 Å². The second kappa shape index (κ2) is 9.17. The minimum absolute atomic E-state index is 0.0737. The van der Waals surface area contributed by atoms with Gasteiger partial charge in [-0.1, -0.05) is 67.6 Å². The van der Waals surface area contributed by atoms with E-state index in [9.17, 15) is 4.79 Å². The van der Waals surface area contributed by atoms with E-state index >= 15 is 0 Å². The quantitative estimate of drug-likeness (QED) is 0.603. The standard InChI is InChI=1S/C23H27N3O/c1-3-22-21(17-24-26(22)18-20-13-9-6-10-14-20)23(27)25(4-2)16-15-19-11-7-5-8-12-19/h5-14,17H,3-4,15-16,18H2,1-2H3. The van der Waals surface area contributed by atoms with E-state index in [0.717, 1.165) is 24.1 Å². The molecule has 27 heavy (non-hydrogen) atoms. The molecule has 140 valence electrons. The van der Waals surface area contributed by atoms with E-state index in [2.05, 4.69) is 36.3 Å². The summed E-state index contributed by atoms with van der Waals surface area (Å²) < 4.78 is 1.95. The predicted molar refractivity (Wildman–Crippen MR) is 109 cm³/mol. The molecular formula is C23H27N3O. The SMILES string of the molecule is CCc1c(C(=O)N(CC)CCc2ccccc2)cnn1Cc1ccccc1. The summed E-state index contributed by atoms with van der Waals surface area (Å²) in [5.41, 5.74) is 4.16. The number of carbonyl (C=O) groups excluding carboxylic acids is 1. The molecule has 0 aliphatic rings. The average molecular weight is 361 g/mol. The molecule has 0 fully saturated rings. The van der Waals surface area contributed by atoms with Gasteiger partial charge in [-0.25, -0.2) is 0 Å². The van der Waals surface area contributed by atoms with Crippen molar-refractivity contribution in [2.75, 3.05) is 13.1 Å². The number of hydrogen-bond acceptors (Lipinski definition) is 2. The highest BCUT2D eigenvalue weighted by Crippen LogP contribution is 2.15. The van der Waals surface area contributed by atoms with Crippen LogP contribution in [-0.4, -0.2) is 33.7 Å². The Morgan fingerprint density at radius 2 is 1.59 bits per heavy atom. The Morgan fingerprint density at radius 1 is 0.963 bits per heavy atom. The number of aromatic nitrogens is 2. The summed E-state index contributed by atoms with van der Waals surface area (Å²) in [6.07, 6.45) is 3.37. The van der Waals surface area contributed by atoms with E-state index in [-0.39, 0.29) is 5.91 Å². The third-order valence-corrected chi connectivity index (χ3v) is 4.87. The summed E-state index contributed by atoms with van der Waals surface area (Å²) in [5, 5.41) is 4.51. The fraction of sp³-hybridized carbons (Fsp3) is 0.304. The molecule has 4 nitrogen and oxygen atoms in total. The molecule has 0 saturated heterocycles. The fourth-order valence-corrected chi connectivity index (χ4v) is 3.34. The molecule has 1 amide bonds. The van der Waals surface area contributed by atoms with Gasteiger partial charge in [0.1, 0.15) is 0 Å². The molecule has 0 unspecified atom stereocenters. The van der Waals surface area contributed by atoms with Crippen LogP contribution in [0.5, 0.6) is 0 Å². The van der Waals surface area contributed by atoms with Crippen molar-refractivity contribution in [2.24, 2.45) is 0 Å². The van der Waals surface area contributed by atoms with E-state index in [0.29, 0.717) is 19.6 Å². The Morgan fingerprint density at radius 3 is 2.19 bits per heavy atom. The number of likely N-dealkylation sites (N-methyl/N-ethyl adjacent to an activating group) is 1. The van der Waals surface area contributed by atoms with Crippen molar-refractivity contribution in [3.05, 3.63) is 89.2 Å². The molecule has 3 aromatic rings. The fourth-order valence-electron chi connectivity index (χ4n) is 3.34. The second-order valence-corrected chi connectivity index (χ2v) is 6.62. The number of nitrogens with zero attached hydrogens (tertiary/aromatic N) is 3. The number of rotatable bonds is 8. The van der Waals surface area contributed by atoms with Gasteiger partial charge in [-0.3, -0.25) is 9.48 Å². The van der Waals surface area contributed by atoms with Crippen LogP contribution >= 0.6 is 0 Å². The van der Waals surface area contributed by atoms with Gasteiger partial charge >= 0.3 is 0 Å². The lowest BCUT2D eigenvalue weighted by Crippen LogP contribution is -2.33. The molecular weight excluding hydrogens is 334 g/mol. The molecule has 0 bridgehead atoms. The van der Waals surface area contributed by atoms with Gasteiger partial charge in [0.05, 0.1) is 24.0 Å². The molecule has 0 radical (unpaired) electrons. The molecule has 3 rings (SSSR count). The van der Waals surface area contributed by atoms with Gasteiger partial charge in [0.2, 0.25) is 0 Å². The van der Waals surface area contributed by atoms with E-state index in [1.54, 1.807) is 6.20 Å². The zero-order valence-electron chi connectivity index (χ0n) is 16.1. The lowest BCUT2D eigenvalue weighted by molar-refractivity contribution is 0.0765. The van der Waals surface area contributed by atoms with Crippen molar-refractivity contribution in [2.45, 2.75) is 33.2 Å². The van der Waals surface area contributed by atoms with Crippen LogP contribution in [0.2, 0.25) is 0 Å². The van der Waals surface area contributed by atoms with Crippen LogP contribution in [-0.2, 0) is 19.4 Å². The third kappa shape index (κ3) is 4.64. The summed E-state index contributed by atoms with van der Waals surface area (Å²) in [6, 6.07) is 20.5. The Labute approximate surface area is 161 Å². The highest BCUT2D eigenvalue weighted by molar-refractivity contribution is 5.95. The minimum atomic E-state index is 0.0737. The van der Waals surface area contributed by atoms with Gasteiger partial charge in [0, 0.05) is 13.1 Å². The maximum absolute atomic E-state index is 13.1. The Bertz CT molecular complexity index is 856. The summed E-state index contributed by atoms with van der Waals surface area (Å²) in [6.45, 7) is 6.21. The largest absolute Gasteiger partial charge is 0.338 e. The third-order valence-electron chi connectivity index (χ3n) is 4.87. The van der Waals surface area contributed by atoms with Crippen LogP contribution in [0.4, 0.5) is 0 Å². The monoisotopic (exact) mass is 361 g/mol. The maximum Gasteiger partial charge on any atom is 0.257 e. The van der Waals surface area contributed by atoms with Crippen molar-refractivity contribution < 1.29 is 4.79 Å². The van der Waals surface area contributed by atoms with Crippen molar-refractivity contribution in [1.29, 1.82) is 0 Å². The average Bonchev–Trinajstić information content (AvgIpc) is 3.12. The summed E-state index contributed by atoms with van der Waals surface area (Å²) >= 11 is 0. The molecule has 0 atom stereocenters. The van der Waals surface area contributed by atoms with Crippen molar-refractivity contribution >= 4 is 5.91 Å². The van der Waals surface area contributed by atoms with E-state index in [4.69, 9.17) is 0 Å². The number of benzene rings is 2. The summed E-state index contributed by atoms with van der Waals surface area (Å²) in [5.74, 6) is 0.0737. The van der Waals surface area contributed by atoms with Gasteiger partial charge < -0.3 is 4.90 Å². The van der Waals surface area contributed by atoms with Gasteiger partial charge in [-0.2, -0.15) is 5.10 Å². The number of hydrogen-bond donors (Lipinski definition) is 0. The van der Waals surface area contributed by atoms with Gasteiger partial charge in [-0.05, 0) is 30.9 Å². The number of amides is 1. The molecule has 4 heteroatoms. The molecule has 0 saturated carbocycles. The predicted octanol–water partition coefficient (Wildman–Crippen LogP) is 4.20. The molecule has 1 heterocycles. The highest BCUT2D eigenvalue weighted by atomic mass is 16.2. The van der Waals surface area contributed by atoms with Crippen LogP contribution in [0.25, 0.3) is 0 Å². The molecule has 1 aromatic heterocycles. The maximum atomic E-state index is 13.1. The van der Waals surface area contributed by atoms with Crippen LogP contribution in [0, 0.1) is 0 Å². The van der Waals surface area contributed by atoms with Crippen molar-refractivity contribution in [3.63, 3.8) is 0 Å². The Kier molecular flexibility index (Phi) is 6.42. The topological polar surface area (TPSA) is 38.1 Å². The first kappa shape index (κ1) is 18.9. The first-order chi connectivity index (χ1) is 13.2. The Balaban J connectivity index is 1.74. The van der Waals surface area contributed by atoms with E-state index < -0.39 is 0 Å². The molecule has 2 aromatic carbocycles. The summed E-state index contributed by atoms with van der Waals surface area (Å²) in [4.78, 5) is 15.0. The Hall–Kier alpha value is -2.88. The normalized spacial score (nSPS) is 10.7. The molecule has 0 spiro atoms. The van der Waals surface area contributed by atoms with Gasteiger partial charge in [0.15, 0.2) is 0 Å². The first-order valence-corrected chi connectivity index (χ1v) is 9.64. The molecule has 0 N–H and O–H groups in total. The van der Waals surface area contributed by atoms with Gasteiger partial charge in [-0.15, -0.1) is 0 Å². The summed E-state index contributed by atoms with van der Waals surface area (Å²) in [7, 11) is 0. The second-order valence-electron chi connectivity index (χ2n) is 6.62. The van der Waals surface area contributed by atoms with Crippen LogP contribution in [0.3, 0.4) is 0 Å². The van der Waals surface area contributed by atoms with Crippen molar-refractivity contribution in [1.82, 2.24) is 14.7 Å². The number of carbonyl (C=O) groups is 1.